The zero-order valence-electron chi connectivity index (χ0n) is 21.0. The minimum atomic E-state index is -1.86. The Balaban J connectivity index is 1.50. The number of carbonyl (C=O) groups excluding carboxylic acids is 2. The third-order valence-corrected chi connectivity index (χ3v) is 7.25. The van der Waals surface area contributed by atoms with Gasteiger partial charge in [-0.05, 0) is 42.3 Å². The topological polar surface area (TPSA) is 180 Å². The molecule has 0 aliphatic carbocycles. The number of aliphatic hydroxyl groups excluding tert-OH is 5. The lowest BCUT2D eigenvalue weighted by Gasteiger charge is -2.37. The van der Waals surface area contributed by atoms with E-state index in [9.17, 15) is 35.1 Å². The van der Waals surface area contributed by atoms with E-state index < -0.39 is 54.0 Å². The number of hydrogen-bond donors (Lipinski definition) is 7. The van der Waals surface area contributed by atoms with Gasteiger partial charge in [-0.15, -0.1) is 0 Å². The van der Waals surface area contributed by atoms with Gasteiger partial charge in [0.25, 0.3) is 11.8 Å². The van der Waals surface area contributed by atoms with Crippen LogP contribution >= 0.6 is 11.6 Å². The van der Waals surface area contributed by atoms with Crippen molar-refractivity contribution in [3.05, 3.63) is 70.8 Å². The second-order valence-corrected chi connectivity index (χ2v) is 10.1. The number of aliphatic hydroxyl groups is 6. The fourth-order valence-electron chi connectivity index (χ4n) is 4.76. The normalized spacial score (nSPS) is 29.5. The molecule has 7 atom stereocenters. The summed E-state index contributed by atoms with van der Waals surface area (Å²) in [6, 6.07) is 11.3. The summed E-state index contributed by atoms with van der Waals surface area (Å²) in [6.07, 6.45) is -4.96. The Morgan fingerprint density at radius 2 is 1.82 bits per heavy atom. The van der Waals surface area contributed by atoms with Crippen LogP contribution in [-0.2, 0) is 26.5 Å². The molecule has 11 nitrogen and oxygen atoms in total. The molecular formula is C27H31ClN2O9. The lowest BCUT2D eigenvalue weighted by atomic mass is 9.83. The Kier molecular flexibility index (Phi) is 8.74. The van der Waals surface area contributed by atoms with Gasteiger partial charge in [0.1, 0.15) is 18.3 Å². The van der Waals surface area contributed by atoms with Crippen molar-refractivity contribution in [2.24, 2.45) is 5.92 Å². The quantitative estimate of drug-likeness (QED) is 0.224. The average Bonchev–Trinajstić information content (AvgIpc) is 3.12. The molecule has 210 valence electrons. The predicted octanol–water partition coefficient (Wildman–Crippen LogP) is 0.388. The van der Waals surface area contributed by atoms with Gasteiger partial charge in [0.05, 0.1) is 12.2 Å². The van der Waals surface area contributed by atoms with Crippen LogP contribution in [0.5, 0.6) is 0 Å². The zero-order valence-corrected chi connectivity index (χ0v) is 21.8. The molecule has 0 spiro atoms. The van der Waals surface area contributed by atoms with Crippen LogP contribution in [-0.4, -0.2) is 79.8 Å². The van der Waals surface area contributed by atoms with Gasteiger partial charge in [-0.3, -0.25) is 9.59 Å². The fourth-order valence-corrected chi connectivity index (χ4v) is 4.93. The number of nitrogens with one attached hydrogen (secondary N) is 1. The van der Waals surface area contributed by atoms with Crippen LogP contribution < -0.4 is 10.2 Å². The van der Waals surface area contributed by atoms with Gasteiger partial charge in [-0.2, -0.15) is 0 Å². The number of benzene rings is 2. The minimum absolute atomic E-state index is 0.0537. The third kappa shape index (κ3) is 5.58. The fraction of sp³-hybridized carbons (Fsp3) is 0.407. The predicted molar refractivity (Wildman–Crippen MR) is 141 cm³/mol. The van der Waals surface area contributed by atoms with Gasteiger partial charge in [0, 0.05) is 28.8 Å². The van der Waals surface area contributed by atoms with Crippen LogP contribution in [0.25, 0.3) is 0 Å². The minimum Gasteiger partial charge on any atom is -0.396 e. The smallest absolute Gasteiger partial charge is 0.264 e. The Hall–Kier alpha value is -2.87. The highest BCUT2D eigenvalue weighted by Crippen LogP contribution is 2.46. The van der Waals surface area contributed by atoms with Crippen molar-refractivity contribution in [2.75, 3.05) is 16.8 Å². The second-order valence-electron chi connectivity index (χ2n) is 9.65. The van der Waals surface area contributed by atoms with Crippen LogP contribution in [0.1, 0.15) is 24.5 Å². The zero-order chi connectivity index (χ0) is 28.5. The maximum absolute atomic E-state index is 13.6. The number of amides is 2. The Morgan fingerprint density at radius 1 is 1.13 bits per heavy atom. The van der Waals surface area contributed by atoms with E-state index in [4.69, 9.17) is 21.4 Å². The first-order chi connectivity index (χ1) is 18.5. The molecule has 4 rings (SSSR count). The summed E-state index contributed by atoms with van der Waals surface area (Å²) < 4.78 is 4.94. The lowest BCUT2D eigenvalue weighted by molar-refractivity contribution is -0.274. The van der Waals surface area contributed by atoms with E-state index in [2.05, 4.69) is 5.32 Å². The van der Waals surface area contributed by atoms with Crippen molar-refractivity contribution >= 4 is 34.8 Å². The van der Waals surface area contributed by atoms with Crippen molar-refractivity contribution in [2.45, 2.75) is 56.2 Å². The Labute approximate surface area is 229 Å². The summed E-state index contributed by atoms with van der Waals surface area (Å²) in [4.78, 5) is 27.6. The maximum Gasteiger partial charge on any atom is 0.264 e. The van der Waals surface area contributed by atoms with Crippen molar-refractivity contribution < 1.29 is 45.0 Å². The maximum atomic E-state index is 13.6. The lowest BCUT2D eigenvalue weighted by Crippen LogP contribution is -2.60. The van der Waals surface area contributed by atoms with Gasteiger partial charge in [0.2, 0.25) is 0 Å². The molecule has 0 unspecified atom stereocenters. The number of nitrogens with zero attached hydrogens (tertiary/aromatic N) is 1. The summed E-state index contributed by atoms with van der Waals surface area (Å²) in [5.41, 5.74) is 0.0236. The van der Waals surface area contributed by atoms with E-state index in [0.717, 1.165) is 0 Å². The standard InChI is InChI=1S/C27H31ClN2O9/c1-14(4-2-3-11-31)27(38)18-12-16(28)7-10-19(18)30(26(27)37)13-15-5-8-17(9-6-15)29-24(35)23-21(33)20(32)22(34)25(36)39-23/h2,4-10,12,14,20-23,25,31-34,36,38H,3,11,13H2,1H3,(H,29,35)/b4-2+/t14-,20+,21+,22-,23+,25-,27+/m1/s1. The van der Waals surface area contributed by atoms with E-state index in [-0.39, 0.29) is 13.2 Å². The molecule has 0 saturated carbocycles. The highest BCUT2D eigenvalue weighted by atomic mass is 35.5. The summed E-state index contributed by atoms with van der Waals surface area (Å²) in [5.74, 6) is -1.97. The number of halogens is 1. The van der Waals surface area contributed by atoms with Gasteiger partial charge in [-0.1, -0.05) is 42.8 Å². The first kappa shape index (κ1) is 29.1. The second kappa shape index (κ2) is 11.7. The van der Waals surface area contributed by atoms with Gasteiger partial charge in [0.15, 0.2) is 18.0 Å². The number of rotatable bonds is 8. The van der Waals surface area contributed by atoms with E-state index >= 15 is 0 Å². The molecule has 2 aliphatic rings. The highest BCUT2D eigenvalue weighted by molar-refractivity contribution is 6.31. The summed E-state index contributed by atoms with van der Waals surface area (Å²) in [6.45, 7) is 1.77. The van der Waals surface area contributed by atoms with Crippen molar-refractivity contribution in [1.29, 1.82) is 0 Å². The molecular weight excluding hydrogens is 532 g/mol. The Morgan fingerprint density at radius 3 is 2.49 bits per heavy atom. The van der Waals surface area contributed by atoms with Gasteiger partial charge < -0.3 is 45.6 Å². The molecule has 0 bridgehead atoms. The van der Waals surface area contributed by atoms with Gasteiger partial charge in [-0.25, -0.2) is 0 Å². The van der Waals surface area contributed by atoms with Crippen LogP contribution in [0.2, 0.25) is 5.02 Å². The van der Waals surface area contributed by atoms with Crippen molar-refractivity contribution in [3.8, 4) is 0 Å². The summed E-state index contributed by atoms with van der Waals surface area (Å²) in [5, 5.41) is 62.7. The van der Waals surface area contributed by atoms with E-state index in [1.807, 2.05) is 0 Å². The van der Waals surface area contributed by atoms with Crippen LogP contribution in [0.3, 0.4) is 0 Å². The summed E-state index contributed by atoms with van der Waals surface area (Å²) in [7, 11) is 0. The number of anilines is 2. The molecule has 12 heteroatoms. The van der Waals surface area contributed by atoms with Crippen LogP contribution in [0.15, 0.2) is 54.6 Å². The molecule has 39 heavy (non-hydrogen) atoms. The molecule has 2 heterocycles. The van der Waals surface area contributed by atoms with E-state index in [1.54, 1.807) is 61.5 Å². The van der Waals surface area contributed by atoms with Crippen LogP contribution in [0, 0.1) is 5.92 Å². The molecule has 0 radical (unpaired) electrons. The monoisotopic (exact) mass is 562 g/mol. The third-order valence-electron chi connectivity index (χ3n) is 7.02. The molecule has 7 N–H and O–H groups in total. The van der Waals surface area contributed by atoms with Crippen molar-refractivity contribution in [3.63, 3.8) is 0 Å². The molecule has 1 saturated heterocycles. The van der Waals surface area contributed by atoms with E-state index in [1.165, 1.54) is 4.90 Å². The van der Waals surface area contributed by atoms with Crippen molar-refractivity contribution in [1.82, 2.24) is 0 Å². The molecule has 2 amide bonds. The number of carbonyl (C=O) groups is 2. The largest absolute Gasteiger partial charge is 0.396 e. The number of hydrogen-bond acceptors (Lipinski definition) is 9. The van der Waals surface area contributed by atoms with E-state index in [0.29, 0.717) is 33.9 Å². The SMILES string of the molecule is C[C@H](/C=C/CCO)[C@@]1(O)C(=O)N(Cc2ccc(NC(=O)[C@H]3O[C@@H](O)[C@H](O)[C@@H](O)[C@@H]3O)cc2)c2ccc(Cl)cc21. The molecule has 2 aromatic rings. The Bertz CT molecular complexity index is 1240. The first-order valence-electron chi connectivity index (χ1n) is 12.4. The summed E-state index contributed by atoms with van der Waals surface area (Å²) >= 11 is 6.19. The molecule has 0 aromatic heterocycles. The number of fused-ring (bicyclic) bond motifs is 1. The number of ether oxygens (including phenoxy) is 1. The van der Waals surface area contributed by atoms with Crippen LogP contribution in [0.4, 0.5) is 11.4 Å². The molecule has 1 fully saturated rings. The molecule has 2 aliphatic heterocycles. The molecule has 2 aromatic carbocycles. The first-order valence-corrected chi connectivity index (χ1v) is 12.8. The van der Waals surface area contributed by atoms with Gasteiger partial charge >= 0.3 is 0 Å². The average molecular weight is 563 g/mol. The highest BCUT2D eigenvalue weighted by Gasteiger charge is 2.52.